The van der Waals surface area contributed by atoms with Crippen LogP contribution in [0, 0.1) is 5.92 Å². The molecule has 0 bridgehead atoms. The molecule has 0 amide bonds. The fraction of sp³-hybridized carbons (Fsp3) is 0.588. The molecule has 1 aromatic carbocycles. The maximum atomic E-state index is 13.1. The molecule has 2 saturated heterocycles. The minimum atomic E-state index is -4.48. The minimum absolute atomic E-state index is 0.0254. The molecule has 7 N–H and O–H groups in total. The number of primary sulfonamides is 1. The smallest absolute Gasteiger partial charge is 0.242 e. The van der Waals surface area contributed by atoms with Crippen molar-refractivity contribution in [2.24, 2.45) is 11.1 Å². The van der Waals surface area contributed by atoms with Gasteiger partial charge in [0.15, 0.2) is 0 Å². The SMILES string of the molecule is NS(=O)(=O)c1c(S(=O)(=O)N[C@@H]2CCNC2)ccc(NCC2CCNCC2)c1-c1nn[nH]n1. The molecule has 2 fully saturated rings. The molecular weight excluding hydrogens is 458 g/mol. The van der Waals surface area contributed by atoms with Gasteiger partial charge in [0.1, 0.15) is 9.79 Å². The van der Waals surface area contributed by atoms with Gasteiger partial charge in [0, 0.05) is 24.8 Å². The molecule has 15 heteroatoms. The van der Waals surface area contributed by atoms with Gasteiger partial charge < -0.3 is 16.0 Å². The molecule has 0 unspecified atom stereocenters. The molecule has 0 aliphatic carbocycles. The molecule has 32 heavy (non-hydrogen) atoms. The van der Waals surface area contributed by atoms with Crippen LogP contribution in [0.2, 0.25) is 0 Å². The molecule has 2 aromatic rings. The van der Waals surface area contributed by atoms with E-state index in [0.29, 0.717) is 37.7 Å². The van der Waals surface area contributed by atoms with E-state index in [2.05, 4.69) is 41.3 Å². The van der Waals surface area contributed by atoms with Gasteiger partial charge in [-0.25, -0.2) is 26.7 Å². The zero-order valence-electron chi connectivity index (χ0n) is 17.3. The monoisotopic (exact) mass is 485 g/mol. The Bertz CT molecular complexity index is 1140. The van der Waals surface area contributed by atoms with Gasteiger partial charge in [0.05, 0.1) is 5.56 Å². The second kappa shape index (κ2) is 9.36. The molecule has 176 valence electrons. The third kappa shape index (κ3) is 5.07. The van der Waals surface area contributed by atoms with Crippen LogP contribution in [0.1, 0.15) is 19.3 Å². The summed E-state index contributed by atoms with van der Waals surface area (Å²) in [7, 11) is -8.67. The third-order valence-corrected chi connectivity index (χ3v) is 8.37. The van der Waals surface area contributed by atoms with Crippen molar-refractivity contribution >= 4 is 25.7 Å². The number of hydrogen-bond acceptors (Lipinski definition) is 10. The Balaban J connectivity index is 1.78. The van der Waals surface area contributed by atoms with Gasteiger partial charge in [0.2, 0.25) is 25.9 Å². The molecule has 0 spiro atoms. The minimum Gasteiger partial charge on any atom is -0.384 e. The van der Waals surface area contributed by atoms with Crippen molar-refractivity contribution in [1.82, 2.24) is 36.0 Å². The maximum absolute atomic E-state index is 13.1. The number of nitrogens with zero attached hydrogens (tertiary/aromatic N) is 3. The lowest BCUT2D eigenvalue weighted by Crippen LogP contribution is -2.37. The summed E-state index contributed by atoms with van der Waals surface area (Å²) in [6.45, 7) is 3.52. The van der Waals surface area contributed by atoms with Crippen molar-refractivity contribution in [3.63, 3.8) is 0 Å². The average Bonchev–Trinajstić information content (AvgIpc) is 3.45. The van der Waals surface area contributed by atoms with Crippen LogP contribution < -0.4 is 25.8 Å². The van der Waals surface area contributed by atoms with Gasteiger partial charge in [-0.3, -0.25) is 0 Å². The van der Waals surface area contributed by atoms with E-state index in [-0.39, 0.29) is 17.4 Å². The number of anilines is 1. The number of tetrazole rings is 1. The molecule has 2 aliphatic rings. The van der Waals surface area contributed by atoms with Crippen molar-refractivity contribution in [2.75, 3.05) is 38.0 Å². The van der Waals surface area contributed by atoms with Crippen LogP contribution in [0.25, 0.3) is 11.4 Å². The zero-order chi connectivity index (χ0) is 22.8. The second-order valence-corrected chi connectivity index (χ2v) is 11.2. The molecule has 1 atom stereocenters. The van der Waals surface area contributed by atoms with Gasteiger partial charge in [-0.1, -0.05) is 0 Å². The van der Waals surface area contributed by atoms with Gasteiger partial charge >= 0.3 is 0 Å². The number of nitrogens with two attached hydrogens (primary N) is 1. The fourth-order valence-electron chi connectivity index (χ4n) is 4.07. The number of aromatic nitrogens is 4. The second-order valence-electron chi connectivity index (χ2n) is 7.98. The highest BCUT2D eigenvalue weighted by atomic mass is 32.2. The maximum Gasteiger partial charge on any atom is 0.242 e. The van der Waals surface area contributed by atoms with Gasteiger partial charge in [0.25, 0.3) is 0 Å². The van der Waals surface area contributed by atoms with Crippen LogP contribution in [0.4, 0.5) is 5.69 Å². The van der Waals surface area contributed by atoms with E-state index in [9.17, 15) is 16.8 Å². The molecule has 0 radical (unpaired) electrons. The Labute approximate surface area is 186 Å². The highest BCUT2D eigenvalue weighted by molar-refractivity contribution is 7.92. The van der Waals surface area contributed by atoms with Crippen LogP contribution >= 0.6 is 0 Å². The largest absolute Gasteiger partial charge is 0.384 e. The van der Waals surface area contributed by atoms with Crippen LogP contribution in [0.3, 0.4) is 0 Å². The number of benzene rings is 1. The number of hydrogen-bond donors (Lipinski definition) is 6. The first-order valence-electron chi connectivity index (χ1n) is 10.4. The van der Waals surface area contributed by atoms with E-state index in [1.54, 1.807) is 0 Å². The van der Waals surface area contributed by atoms with Crippen molar-refractivity contribution < 1.29 is 16.8 Å². The van der Waals surface area contributed by atoms with E-state index in [1.807, 2.05) is 0 Å². The number of rotatable bonds is 8. The van der Waals surface area contributed by atoms with Gasteiger partial charge in [-0.15, -0.1) is 10.2 Å². The molecule has 3 heterocycles. The summed E-state index contributed by atoms with van der Waals surface area (Å²) in [5.41, 5.74) is 0.345. The standard InChI is InChI=1S/C17H27N9O4S2/c18-31(27,28)16-14(32(29,30)24-12-5-8-20-10-12)2-1-13(15(16)17-22-25-26-23-17)21-9-11-3-6-19-7-4-11/h1-2,11-12,19-21,24H,3-10H2,(H2,18,27,28)(H,22,23,25,26)/t12-/m1/s1. The van der Waals surface area contributed by atoms with Crippen molar-refractivity contribution in [3.05, 3.63) is 12.1 Å². The lowest BCUT2D eigenvalue weighted by molar-refractivity contribution is 0.390. The van der Waals surface area contributed by atoms with Crippen LogP contribution in [-0.2, 0) is 20.0 Å². The summed E-state index contributed by atoms with van der Waals surface area (Å²) in [5, 5.41) is 28.7. The van der Waals surface area contributed by atoms with E-state index in [1.165, 1.54) is 12.1 Å². The number of nitrogens with one attached hydrogen (secondary N) is 5. The number of H-pyrrole nitrogens is 1. The van der Waals surface area contributed by atoms with Crippen LogP contribution in [0.15, 0.2) is 21.9 Å². The summed E-state index contributed by atoms with van der Waals surface area (Å²) in [5.74, 6) is 0.314. The molecule has 4 rings (SSSR count). The highest BCUT2D eigenvalue weighted by Crippen LogP contribution is 2.36. The average molecular weight is 486 g/mol. The zero-order valence-corrected chi connectivity index (χ0v) is 19.0. The first-order valence-corrected chi connectivity index (χ1v) is 13.4. The van der Waals surface area contributed by atoms with Gasteiger partial charge in [-0.2, -0.15) is 5.21 Å². The van der Waals surface area contributed by atoms with Crippen molar-refractivity contribution in [1.29, 1.82) is 0 Å². The van der Waals surface area contributed by atoms with Gasteiger partial charge in [-0.05, 0) is 62.2 Å². The van der Waals surface area contributed by atoms with E-state index < -0.39 is 29.8 Å². The number of piperidine rings is 1. The Hall–Kier alpha value is -2.17. The molecule has 13 nitrogen and oxygen atoms in total. The van der Waals surface area contributed by atoms with E-state index >= 15 is 0 Å². The quantitative estimate of drug-likeness (QED) is 0.258. The summed E-state index contributed by atoms with van der Waals surface area (Å²) < 4.78 is 54.2. The highest BCUT2D eigenvalue weighted by Gasteiger charge is 2.33. The summed E-state index contributed by atoms with van der Waals surface area (Å²) in [4.78, 5) is -1.01. The molecular formula is C17H27N9O4S2. The van der Waals surface area contributed by atoms with Crippen molar-refractivity contribution in [2.45, 2.75) is 35.1 Å². The van der Waals surface area contributed by atoms with E-state index in [0.717, 1.165) is 25.9 Å². The third-order valence-electron chi connectivity index (χ3n) is 5.69. The summed E-state index contributed by atoms with van der Waals surface area (Å²) >= 11 is 0. The van der Waals surface area contributed by atoms with Crippen LogP contribution in [-0.4, -0.2) is 76.2 Å². The van der Waals surface area contributed by atoms with Crippen LogP contribution in [0.5, 0.6) is 0 Å². The Morgan fingerprint density at radius 3 is 2.44 bits per heavy atom. The topological polar surface area (TPSA) is 197 Å². The lowest BCUT2D eigenvalue weighted by Gasteiger charge is -2.24. The normalized spacial score (nSPS) is 20.5. The molecule has 1 aromatic heterocycles. The Morgan fingerprint density at radius 1 is 1.06 bits per heavy atom. The molecule has 0 saturated carbocycles. The Kier molecular flexibility index (Phi) is 6.73. The predicted molar refractivity (Wildman–Crippen MR) is 117 cm³/mol. The fourth-order valence-corrected chi connectivity index (χ4v) is 6.95. The Morgan fingerprint density at radius 2 is 1.81 bits per heavy atom. The summed E-state index contributed by atoms with van der Waals surface area (Å²) in [6.07, 6.45) is 2.54. The predicted octanol–water partition coefficient (Wildman–Crippen LogP) is -1.43. The first kappa shape index (κ1) is 23.0. The lowest BCUT2D eigenvalue weighted by atomic mass is 9.98. The summed E-state index contributed by atoms with van der Waals surface area (Å²) in [6, 6.07) is 2.42. The van der Waals surface area contributed by atoms with Crippen molar-refractivity contribution in [3.8, 4) is 11.4 Å². The number of sulfonamides is 2. The number of aromatic amines is 1. The molecule has 2 aliphatic heterocycles. The van der Waals surface area contributed by atoms with E-state index in [4.69, 9.17) is 5.14 Å². The first-order chi connectivity index (χ1) is 15.3.